The van der Waals surface area contributed by atoms with Crippen LogP contribution in [0.2, 0.25) is 0 Å². The van der Waals surface area contributed by atoms with Crippen LogP contribution in [0.4, 0.5) is 0 Å². The highest BCUT2D eigenvalue weighted by atomic mass is 32.1. The summed E-state index contributed by atoms with van der Waals surface area (Å²) in [5.41, 5.74) is 2.47. The summed E-state index contributed by atoms with van der Waals surface area (Å²) in [6.45, 7) is 2.38. The van der Waals surface area contributed by atoms with Crippen molar-refractivity contribution in [2.75, 3.05) is 6.54 Å². The number of nitrogens with one attached hydrogen (secondary N) is 2. The number of amides is 2. The summed E-state index contributed by atoms with van der Waals surface area (Å²) in [5, 5.41) is 8.86. The lowest BCUT2D eigenvalue weighted by Crippen LogP contribution is -2.39. The van der Waals surface area contributed by atoms with Crippen molar-refractivity contribution in [3.63, 3.8) is 0 Å². The molecule has 0 saturated heterocycles. The molecule has 23 heavy (non-hydrogen) atoms. The summed E-state index contributed by atoms with van der Waals surface area (Å²) >= 11 is 1.43. The molecule has 0 saturated carbocycles. The highest BCUT2D eigenvalue weighted by Crippen LogP contribution is 2.14. The zero-order chi connectivity index (χ0) is 16.4. The Bertz CT molecular complexity index is 867. The third-order valence-corrected chi connectivity index (χ3v) is 4.37. The molecule has 2 aromatic rings. The Balaban J connectivity index is 1.66. The van der Waals surface area contributed by atoms with E-state index in [1.165, 1.54) is 11.3 Å². The molecule has 2 aromatic heterocycles. The van der Waals surface area contributed by atoms with Gasteiger partial charge in [-0.2, -0.15) is 5.10 Å². The lowest BCUT2D eigenvalue weighted by Gasteiger charge is -2.13. The average molecular weight is 333 g/mol. The molecule has 1 aliphatic rings. The van der Waals surface area contributed by atoms with Crippen LogP contribution in [0.25, 0.3) is 10.2 Å². The van der Waals surface area contributed by atoms with Gasteiger partial charge in [-0.1, -0.05) is 0 Å². The van der Waals surface area contributed by atoms with Gasteiger partial charge in [0.15, 0.2) is 0 Å². The standard InChI is InChI=1S/C14H15N5O3S/c1-8-16-13-9(4-7-23-13)14(22)19(8)6-5-15-12(21)10-2-3-11(20)18-17-10/h4,7H,2-3,5-6H2,1H3,(H,15,21)(H,18,20). The number of hydrogen-bond donors (Lipinski definition) is 2. The molecular formula is C14H15N5O3S. The van der Waals surface area contributed by atoms with Crippen molar-refractivity contribution in [3.8, 4) is 0 Å². The molecule has 2 amide bonds. The Hall–Kier alpha value is -2.55. The maximum atomic E-state index is 12.4. The summed E-state index contributed by atoms with van der Waals surface area (Å²) in [6, 6.07) is 1.75. The van der Waals surface area contributed by atoms with E-state index in [9.17, 15) is 14.4 Å². The maximum absolute atomic E-state index is 12.4. The van der Waals surface area contributed by atoms with E-state index in [0.717, 1.165) is 4.83 Å². The second-order valence-electron chi connectivity index (χ2n) is 5.10. The Kier molecular flexibility index (Phi) is 4.20. The molecule has 3 heterocycles. The van der Waals surface area contributed by atoms with E-state index in [1.807, 2.05) is 5.38 Å². The second kappa shape index (κ2) is 6.29. The number of carbonyl (C=O) groups excluding carboxylic acids is 2. The summed E-state index contributed by atoms with van der Waals surface area (Å²) in [6.07, 6.45) is 0.572. The van der Waals surface area contributed by atoms with Gasteiger partial charge in [0.25, 0.3) is 11.5 Å². The molecule has 0 unspecified atom stereocenters. The van der Waals surface area contributed by atoms with Crippen LogP contribution in [0.5, 0.6) is 0 Å². The fourth-order valence-corrected chi connectivity index (χ4v) is 3.13. The van der Waals surface area contributed by atoms with Gasteiger partial charge in [-0.05, 0) is 18.4 Å². The lowest BCUT2D eigenvalue weighted by atomic mass is 10.1. The van der Waals surface area contributed by atoms with Gasteiger partial charge in [0.1, 0.15) is 16.4 Å². The minimum atomic E-state index is -0.333. The monoisotopic (exact) mass is 333 g/mol. The molecule has 120 valence electrons. The Morgan fingerprint density at radius 3 is 3.00 bits per heavy atom. The number of nitrogens with zero attached hydrogens (tertiary/aromatic N) is 3. The smallest absolute Gasteiger partial charge is 0.267 e. The summed E-state index contributed by atoms with van der Waals surface area (Å²) in [5.74, 6) is 0.0839. The van der Waals surface area contributed by atoms with Crippen LogP contribution >= 0.6 is 11.3 Å². The molecule has 8 nitrogen and oxygen atoms in total. The van der Waals surface area contributed by atoms with Crippen molar-refractivity contribution < 1.29 is 9.59 Å². The third-order valence-electron chi connectivity index (χ3n) is 3.56. The molecular weight excluding hydrogens is 318 g/mol. The van der Waals surface area contributed by atoms with E-state index in [-0.39, 0.29) is 30.3 Å². The quantitative estimate of drug-likeness (QED) is 0.830. The molecule has 0 fully saturated rings. The minimum Gasteiger partial charge on any atom is -0.349 e. The second-order valence-corrected chi connectivity index (χ2v) is 6.00. The highest BCUT2D eigenvalue weighted by Gasteiger charge is 2.18. The van der Waals surface area contributed by atoms with E-state index in [2.05, 4.69) is 20.8 Å². The number of hydrazone groups is 1. The van der Waals surface area contributed by atoms with Crippen LogP contribution in [0.15, 0.2) is 21.3 Å². The maximum Gasteiger partial charge on any atom is 0.267 e. The number of rotatable bonds is 4. The summed E-state index contributed by atoms with van der Waals surface area (Å²) in [7, 11) is 0. The van der Waals surface area contributed by atoms with Gasteiger partial charge in [0.2, 0.25) is 5.91 Å². The number of aromatic nitrogens is 2. The third kappa shape index (κ3) is 3.14. The van der Waals surface area contributed by atoms with Crippen LogP contribution in [-0.4, -0.2) is 33.6 Å². The topological polar surface area (TPSA) is 105 Å². The molecule has 0 radical (unpaired) electrons. The molecule has 0 atom stereocenters. The highest BCUT2D eigenvalue weighted by molar-refractivity contribution is 7.16. The van der Waals surface area contributed by atoms with Crippen molar-refractivity contribution in [2.45, 2.75) is 26.3 Å². The van der Waals surface area contributed by atoms with E-state index in [1.54, 1.807) is 17.6 Å². The van der Waals surface area contributed by atoms with E-state index in [0.29, 0.717) is 29.9 Å². The first-order chi connectivity index (χ1) is 11.1. The molecule has 9 heteroatoms. The number of fused-ring (bicyclic) bond motifs is 1. The first-order valence-electron chi connectivity index (χ1n) is 7.14. The number of thiophene rings is 1. The van der Waals surface area contributed by atoms with Crippen LogP contribution in [-0.2, 0) is 16.1 Å². The fraction of sp³-hybridized carbons (Fsp3) is 0.357. The van der Waals surface area contributed by atoms with Gasteiger partial charge < -0.3 is 5.32 Å². The lowest BCUT2D eigenvalue weighted by molar-refractivity contribution is -0.121. The van der Waals surface area contributed by atoms with Gasteiger partial charge in [-0.3, -0.25) is 19.0 Å². The minimum absolute atomic E-state index is 0.106. The Morgan fingerprint density at radius 2 is 2.26 bits per heavy atom. The normalized spacial score (nSPS) is 14.5. The largest absolute Gasteiger partial charge is 0.349 e. The summed E-state index contributed by atoms with van der Waals surface area (Å²) in [4.78, 5) is 40.4. The predicted octanol–water partition coefficient (Wildman–Crippen LogP) is 0.149. The molecule has 0 spiro atoms. The van der Waals surface area contributed by atoms with Crippen molar-refractivity contribution in [1.29, 1.82) is 0 Å². The van der Waals surface area contributed by atoms with Gasteiger partial charge in [0, 0.05) is 25.9 Å². The Labute approximate surface area is 135 Å². The van der Waals surface area contributed by atoms with Crippen molar-refractivity contribution in [1.82, 2.24) is 20.3 Å². The number of carbonyl (C=O) groups is 2. The van der Waals surface area contributed by atoms with Crippen LogP contribution < -0.4 is 16.3 Å². The van der Waals surface area contributed by atoms with Gasteiger partial charge in [0.05, 0.1) is 5.39 Å². The van der Waals surface area contributed by atoms with E-state index in [4.69, 9.17) is 0 Å². The first kappa shape index (κ1) is 15.3. The fourth-order valence-electron chi connectivity index (χ4n) is 2.33. The van der Waals surface area contributed by atoms with Crippen LogP contribution in [0.1, 0.15) is 18.7 Å². The zero-order valence-electron chi connectivity index (χ0n) is 12.5. The van der Waals surface area contributed by atoms with Crippen LogP contribution in [0, 0.1) is 6.92 Å². The van der Waals surface area contributed by atoms with Crippen molar-refractivity contribution in [2.24, 2.45) is 5.10 Å². The van der Waals surface area contributed by atoms with Gasteiger partial charge in [-0.15, -0.1) is 11.3 Å². The van der Waals surface area contributed by atoms with Crippen molar-refractivity contribution in [3.05, 3.63) is 27.6 Å². The SMILES string of the molecule is Cc1nc2sccc2c(=O)n1CCNC(=O)C1=NNC(=O)CC1. The van der Waals surface area contributed by atoms with Crippen molar-refractivity contribution >= 4 is 39.1 Å². The Morgan fingerprint density at radius 1 is 1.43 bits per heavy atom. The molecule has 2 N–H and O–H groups in total. The zero-order valence-corrected chi connectivity index (χ0v) is 13.3. The molecule has 0 aromatic carbocycles. The predicted molar refractivity (Wildman–Crippen MR) is 86.4 cm³/mol. The van der Waals surface area contributed by atoms with Gasteiger partial charge >= 0.3 is 0 Å². The molecule has 0 bridgehead atoms. The van der Waals surface area contributed by atoms with E-state index < -0.39 is 0 Å². The van der Waals surface area contributed by atoms with Crippen LogP contribution in [0.3, 0.4) is 0 Å². The average Bonchev–Trinajstić information content (AvgIpc) is 2.99. The summed E-state index contributed by atoms with van der Waals surface area (Å²) < 4.78 is 1.54. The number of aryl methyl sites for hydroxylation is 1. The first-order valence-corrected chi connectivity index (χ1v) is 8.02. The molecule has 1 aliphatic heterocycles. The molecule has 0 aliphatic carbocycles. The van der Waals surface area contributed by atoms with E-state index >= 15 is 0 Å². The molecule has 3 rings (SSSR count). The number of hydrogen-bond acceptors (Lipinski definition) is 6. The van der Waals surface area contributed by atoms with Gasteiger partial charge in [-0.25, -0.2) is 10.4 Å².